The fraction of sp³-hybridized carbons (Fsp3) is 0. The van der Waals surface area contributed by atoms with Crippen LogP contribution in [0.5, 0.6) is 0 Å². The molecule has 5 N–H and O–H groups in total. The Labute approximate surface area is 144 Å². The number of rotatable bonds is 1. The third kappa shape index (κ3) is 3.37. The van der Waals surface area contributed by atoms with Crippen LogP contribution in [0.4, 0.5) is 0 Å². The van der Waals surface area contributed by atoms with Crippen molar-refractivity contribution in [1.82, 2.24) is 4.98 Å². The van der Waals surface area contributed by atoms with Crippen molar-refractivity contribution in [3.05, 3.63) is 72.9 Å². The molecule has 0 spiro atoms. The van der Waals surface area contributed by atoms with Gasteiger partial charge < -0.3 is 27.9 Å². The topological polar surface area (TPSA) is 90.0 Å². The van der Waals surface area contributed by atoms with Gasteiger partial charge in [0, 0.05) is 22.4 Å². The first-order chi connectivity index (χ1) is 9.92. The average molecular weight is 373 g/mol. The molecule has 0 fully saturated rings. The van der Waals surface area contributed by atoms with E-state index in [-0.39, 0.29) is 27.9 Å². The van der Waals surface area contributed by atoms with Crippen molar-refractivity contribution in [2.45, 2.75) is 0 Å². The van der Waals surface area contributed by atoms with E-state index in [2.05, 4.69) is 47.4 Å². The van der Waals surface area contributed by atoms with Crippen LogP contribution in [0.3, 0.4) is 0 Å². The third-order valence-corrected chi connectivity index (χ3v) is 3.56. The van der Waals surface area contributed by atoms with Gasteiger partial charge in [0.25, 0.3) is 0 Å². The van der Waals surface area contributed by atoms with E-state index in [9.17, 15) is 0 Å². The Balaban J connectivity index is 0.000000882. The van der Waals surface area contributed by atoms with Crippen LogP contribution in [0.1, 0.15) is 0 Å². The standard InChI is InChI=1S/C18H12N2.BrH.2H2O/c1-2-5-13(6-3-1)16-11-10-15-9-8-14-7-4-12-19-17(14)18(15)20-16;;;/h1-12H;1H;2*1H2. The number of fused-ring (bicyclic) bond motifs is 3. The largest absolute Gasteiger partial charge is 1.00 e. The van der Waals surface area contributed by atoms with Crippen LogP contribution in [0, 0.1) is 0 Å². The second kappa shape index (κ2) is 7.78. The van der Waals surface area contributed by atoms with Crippen molar-refractivity contribution in [1.29, 1.82) is 0 Å². The summed E-state index contributed by atoms with van der Waals surface area (Å²) in [6.07, 6.45) is 1.94. The minimum Gasteiger partial charge on any atom is -1.00 e. The van der Waals surface area contributed by atoms with Crippen molar-refractivity contribution in [3.63, 3.8) is 0 Å². The molecule has 0 amide bonds. The Morgan fingerprint density at radius 1 is 0.696 bits per heavy atom. The molecule has 0 aliphatic carbocycles. The number of hydrogen-bond acceptors (Lipinski definition) is 1. The van der Waals surface area contributed by atoms with Gasteiger partial charge in [0.2, 0.25) is 5.52 Å². The van der Waals surface area contributed by atoms with Gasteiger partial charge in [0.05, 0.1) is 5.69 Å². The first-order valence-corrected chi connectivity index (χ1v) is 6.67. The normalized spacial score (nSPS) is 9.57. The van der Waals surface area contributed by atoms with Gasteiger partial charge in [-0.25, -0.2) is 9.97 Å². The van der Waals surface area contributed by atoms with Crippen LogP contribution in [0.25, 0.3) is 33.1 Å². The van der Waals surface area contributed by atoms with E-state index in [0.29, 0.717) is 0 Å². The van der Waals surface area contributed by atoms with Crippen LogP contribution in [0.2, 0.25) is 0 Å². The molecule has 23 heavy (non-hydrogen) atoms. The molecule has 0 radical (unpaired) electrons. The summed E-state index contributed by atoms with van der Waals surface area (Å²) < 4.78 is 0. The fourth-order valence-corrected chi connectivity index (χ4v) is 2.55. The Bertz CT molecular complexity index is 914. The molecule has 0 bridgehead atoms. The highest BCUT2D eigenvalue weighted by Crippen LogP contribution is 2.24. The van der Waals surface area contributed by atoms with E-state index < -0.39 is 0 Å². The Hall–Kier alpha value is -2.34. The number of nitrogens with zero attached hydrogens (tertiary/aromatic N) is 1. The summed E-state index contributed by atoms with van der Waals surface area (Å²) in [5.41, 5.74) is 4.25. The van der Waals surface area contributed by atoms with Crippen molar-refractivity contribution in [2.24, 2.45) is 0 Å². The Morgan fingerprint density at radius 3 is 2.17 bits per heavy atom. The molecule has 0 aliphatic rings. The van der Waals surface area contributed by atoms with E-state index in [4.69, 9.17) is 4.98 Å². The van der Waals surface area contributed by atoms with Gasteiger partial charge in [-0.05, 0) is 18.2 Å². The van der Waals surface area contributed by atoms with Crippen LogP contribution in [0.15, 0.2) is 72.9 Å². The van der Waals surface area contributed by atoms with Gasteiger partial charge in [-0.3, -0.25) is 0 Å². The lowest BCUT2D eigenvalue weighted by Crippen LogP contribution is -3.00. The van der Waals surface area contributed by atoms with Gasteiger partial charge >= 0.3 is 0 Å². The van der Waals surface area contributed by atoms with Crippen LogP contribution in [-0.2, 0) is 0 Å². The number of nitrogens with one attached hydrogen (secondary N) is 1. The number of hydrogen-bond donors (Lipinski definition) is 0. The van der Waals surface area contributed by atoms with Gasteiger partial charge in [-0.1, -0.05) is 42.5 Å². The summed E-state index contributed by atoms with van der Waals surface area (Å²) in [7, 11) is 0. The van der Waals surface area contributed by atoms with Crippen molar-refractivity contribution < 1.29 is 32.9 Å². The summed E-state index contributed by atoms with van der Waals surface area (Å²) in [6.45, 7) is 0. The molecule has 4 aromatic rings. The zero-order valence-electron chi connectivity index (χ0n) is 12.3. The molecule has 2 aromatic heterocycles. The Kier molecular flexibility index (Phi) is 6.33. The van der Waals surface area contributed by atoms with Gasteiger partial charge in [-0.2, -0.15) is 0 Å². The maximum atomic E-state index is 4.84. The molecule has 0 unspecified atom stereocenters. The fourth-order valence-electron chi connectivity index (χ4n) is 2.55. The summed E-state index contributed by atoms with van der Waals surface area (Å²) >= 11 is 0. The van der Waals surface area contributed by atoms with Gasteiger partial charge in [0.15, 0.2) is 6.20 Å². The molecule has 118 valence electrons. The number of H-pyrrole nitrogens is 1. The van der Waals surface area contributed by atoms with Crippen LogP contribution >= 0.6 is 0 Å². The lowest BCUT2D eigenvalue weighted by Gasteiger charge is -2.03. The zero-order chi connectivity index (χ0) is 13.4. The summed E-state index contributed by atoms with van der Waals surface area (Å²) in [5, 5.41) is 2.33. The minimum atomic E-state index is 0. The maximum absolute atomic E-state index is 4.84. The quantitative estimate of drug-likeness (QED) is 0.403. The highest BCUT2D eigenvalue weighted by molar-refractivity contribution is 6.01. The summed E-state index contributed by atoms with van der Waals surface area (Å²) in [4.78, 5) is 8.15. The average Bonchev–Trinajstić information content (AvgIpc) is 2.55. The van der Waals surface area contributed by atoms with E-state index >= 15 is 0 Å². The minimum absolute atomic E-state index is 0. The van der Waals surface area contributed by atoms with Crippen molar-refractivity contribution in [2.75, 3.05) is 0 Å². The van der Waals surface area contributed by atoms with Crippen LogP contribution in [-0.4, -0.2) is 15.9 Å². The van der Waals surface area contributed by atoms with Gasteiger partial charge in [-0.15, -0.1) is 0 Å². The second-order valence-electron chi connectivity index (χ2n) is 4.83. The van der Waals surface area contributed by atoms with E-state index in [0.717, 1.165) is 27.7 Å². The van der Waals surface area contributed by atoms with E-state index in [1.807, 2.05) is 30.5 Å². The number of pyridine rings is 2. The lowest BCUT2D eigenvalue weighted by molar-refractivity contribution is -0.343. The highest BCUT2D eigenvalue weighted by Gasteiger charge is 2.08. The first-order valence-electron chi connectivity index (χ1n) is 6.67. The second-order valence-corrected chi connectivity index (χ2v) is 4.83. The van der Waals surface area contributed by atoms with Crippen molar-refractivity contribution >= 4 is 21.8 Å². The van der Waals surface area contributed by atoms with E-state index in [1.165, 1.54) is 5.39 Å². The zero-order valence-corrected chi connectivity index (χ0v) is 13.8. The Morgan fingerprint density at radius 2 is 1.39 bits per heavy atom. The van der Waals surface area contributed by atoms with Crippen molar-refractivity contribution in [3.8, 4) is 11.3 Å². The predicted octanol–water partition coefficient (Wildman–Crippen LogP) is -0.776. The smallest absolute Gasteiger partial charge is 0.237 e. The third-order valence-electron chi connectivity index (χ3n) is 3.56. The molecular weight excluding hydrogens is 356 g/mol. The van der Waals surface area contributed by atoms with Crippen LogP contribution < -0.4 is 22.0 Å². The summed E-state index contributed by atoms with van der Waals surface area (Å²) in [6, 6.07) is 22.8. The number of halogens is 1. The lowest BCUT2D eigenvalue weighted by atomic mass is 10.1. The molecular formula is C18H17BrN2O2. The molecule has 4 rings (SSSR count). The monoisotopic (exact) mass is 372 g/mol. The number of aromatic amines is 1. The molecule has 2 heterocycles. The molecule has 5 heteroatoms. The van der Waals surface area contributed by atoms with Gasteiger partial charge in [0.1, 0.15) is 5.52 Å². The summed E-state index contributed by atoms with van der Waals surface area (Å²) in [5.74, 6) is 0. The molecule has 0 aliphatic heterocycles. The molecule has 0 atom stereocenters. The number of aromatic nitrogens is 2. The molecule has 0 saturated heterocycles. The SMILES string of the molecule is O.O.[Br-].c1ccc(-c2ccc3ccc4ccc[nH+]c4c3n2)cc1. The molecule has 4 nitrogen and oxygen atoms in total. The predicted molar refractivity (Wildman–Crippen MR) is 88.5 cm³/mol. The first kappa shape index (κ1) is 18.7. The van der Waals surface area contributed by atoms with E-state index in [1.54, 1.807) is 0 Å². The molecule has 2 aromatic carbocycles. The number of benzene rings is 2. The molecule has 0 saturated carbocycles. The maximum Gasteiger partial charge on any atom is 0.237 e. The highest BCUT2D eigenvalue weighted by atomic mass is 79.9.